The van der Waals surface area contributed by atoms with Gasteiger partial charge in [0.25, 0.3) is 0 Å². The van der Waals surface area contributed by atoms with Gasteiger partial charge in [-0.1, -0.05) is 6.07 Å². The van der Waals surface area contributed by atoms with E-state index in [1.807, 2.05) is 33.8 Å². The summed E-state index contributed by atoms with van der Waals surface area (Å²) in [6.07, 6.45) is 2.16. The highest BCUT2D eigenvalue weighted by Crippen LogP contribution is 2.14. The summed E-state index contributed by atoms with van der Waals surface area (Å²) in [4.78, 5) is 29.4. The molecular formula is C18H29N3O4. The molecule has 0 radical (unpaired) electrons. The lowest BCUT2D eigenvalue weighted by Gasteiger charge is -2.24. The first-order chi connectivity index (χ1) is 11.7. The summed E-state index contributed by atoms with van der Waals surface area (Å²) < 4.78 is 10.7. The monoisotopic (exact) mass is 351 g/mol. The topological polar surface area (TPSA) is 80.8 Å². The van der Waals surface area contributed by atoms with Crippen molar-refractivity contribution in [2.75, 3.05) is 20.2 Å². The minimum absolute atomic E-state index is 0.0797. The molecule has 0 atom stereocenters. The van der Waals surface area contributed by atoms with Crippen molar-refractivity contribution in [3.05, 3.63) is 23.9 Å². The molecule has 0 aliphatic carbocycles. The minimum atomic E-state index is -0.523. The van der Waals surface area contributed by atoms with E-state index in [2.05, 4.69) is 10.3 Å². The Labute approximate surface area is 149 Å². The summed E-state index contributed by atoms with van der Waals surface area (Å²) in [7, 11) is 1.66. The standard InChI is InChI=1S/C18H29N3O4/c1-6-24-16-14(9-7-11-19-16)13-20-15(22)10-8-12-21(5)17(23)25-18(2,3)4/h7,9,11H,6,8,10,12-13H2,1-5H3,(H,20,22). The molecule has 1 rings (SSSR count). The maximum Gasteiger partial charge on any atom is 0.410 e. The number of rotatable bonds is 8. The summed E-state index contributed by atoms with van der Waals surface area (Å²) in [6.45, 7) is 8.69. The molecule has 0 bridgehead atoms. The molecule has 0 saturated carbocycles. The number of aromatic nitrogens is 1. The first-order valence-corrected chi connectivity index (χ1v) is 8.50. The van der Waals surface area contributed by atoms with E-state index in [1.54, 1.807) is 19.3 Å². The van der Waals surface area contributed by atoms with E-state index in [0.717, 1.165) is 5.56 Å². The highest BCUT2D eigenvalue weighted by molar-refractivity contribution is 5.76. The van der Waals surface area contributed by atoms with Gasteiger partial charge in [0, 0.05) is 38.3 Å². The molecule has 1 N–H and O–H groups in total. The first kappa shape index (κ1) is 20.7. The average Bonchev–Trinajstić information content (AvgIpc) is 2.52. The molecule has 0 spiro atoms. The first-order valence-electron chi connectivity index (χ1n) is 8.50. The summed E-state index contributed by atoms with van der Waals surface area (Å²) >= 11 is 0. The van der Waals surface area contributed by atoms with Crippen LogP contribution in [0.3, 0.4) is 0 Å². The number of nitrogens with one attached hydrogen (secondary N) is 1. The molecule has 1 aromatic rings. The fourth-order valence-electron chi connectivity index (χ4n) is 2.02. The normalized spacial score (nSPS) is 10.9. The third-order valence-corrected chi connectivity index (χ3v) is 3.21. The van der Waals surface area contributed by atoms with Crippen molar-refractivity contribution in [1.82, 2.24) is 15.2 Å². The molecule has 7 heteroatoms. The Bertz CT molecular complexity index is 570. The van der Waals surface area contributed by atoms with Crippen LogP contribution in [0.15, 0.2) is 18.3 Å². The molecule has 1 aromatic heterocycles. The summed E-state index contributed by atoms with van der Waals surface area (Å²) in [5, 5.41) is 2.85. The molecule has 0 aliphatic heterocycles. The Balaban J connectivity index is 2.33. The molecule has 0 aliphatic rings. The van der Waals surface area contributed by atoms with Gasteiger partial charge < -0.3 is 19.7 Å². The van der Waals surface area contributed by atoms with Crippen molar-refractivity contribution in [3.8, 4) is 5.88 Å². The maximum absolute atomic E-state index is 12.0. The van der Waals surface area contributed by atoms with Gasteiger partial charge in [-0.2, -0.15) is 0 Å². The second-order valence-electron chi connectivity index (χ2n) is 6.68. The van der Waals surface area contributed by atoms with Crippen LogP contribution in [-0.2, 0) is 16.1 Å². The van der Waals surface area contributed by atoms with Gasteiger partial charge in [-0.25, -0.2) is 9.78 Å². The Morgan fingerprint density at radius 2 is 2.04 bits per heavy atom. The largest absolute Gasteiger partial charge is 0.478 e. The van der Waals surface area contributed by atoms with Crippen LogP contribution in [0.5, 0.6) is 5.88 Å². The number of hydrogen-bond acceptors (Lipinski definition) is 5. The lowest BCUT2D eigenvalue weighted by atomic mass is 10.2. The van der Waals surface area contributed by atoms with Gasteiger partial charge in [0.2, 0.25) is 11.8 Å². The smallest absolute Gasteiger partial charge is 0.410 e. The molecular weight excluding hydrogens is 322 g/mol. The van der Waals surface area contributed by atoms with Crippen LogP contribution >= 0.6 is 0 Å². The van der Waals surface area contributed by atoms with Gasteiger partial charge in [-0.15, -0.1) is 0 Å². The van der Waals surface area contributed by atoms with Gasteiger partial charge in [-0.3, -0.25) is 4.79 Å². The van der Waals surface area contributed by atoms with E-state index < -0.39 is 5.60 Å². The lowest BCUT2D eigenvalue weighted by Crippen LogP contribution is -2.35. The Hall–Kier alpha value is -2.31. The fraction of sp³-hybridized carbons (Fsp3) is 0.611. The highest BCUT2D eigenvalue weighted by atomic mass is 16.6. The Kier molecular flexibility index (Phi) is 8.18. The Morgan fingerprint density at radius 3 is 2.68 bits per heavy atom. The van der Waals surface area contributed by atoms with Gasteiger partial charge in [0.15, 0.2) is 0 Å². The summed E-state index contributed by atoms with van der Waals surface area (Å²) in [6, 6.07) is 3.67. The molecule has 25 heavy (non-hydrogen) atoms. The van der Waals surface area contributed by atoms with E-state index in [-0.39, 0.29) is 12.0 Å². The predicted molar refractivity (Wildman–Crippen MR) is 95.4 cm³/mol. The number of carbonyl (C=O) groups excluding carboxylic acids is 2. The molecule has 7 nitrogen and oxygen atoms in total. The third kappa shape index (κ3) is 8.37. The van der Waals surface area contributed by atoms with Crippen LogP contribution in [0.25, 0.3) is 0 Å². The van der Waals surface area contributed by atoms with Crippen molar-refractivity contribution in [1.29, 1.82) is 0 Å². The van der Waals surface area contributed by atoms with Crippen molar-refractivity contribution in [3.63, 3.8) is 0 Å². The van der Waals surface area contributed by atoms with Crippen molar-refractivity contribution in [2.45, 2.75) is 52.7 Å². The molecule has 0 saturated heterocycles. The zero-order chi connectivity index (χ0) is 18.9. The van der Waals surface area contributed by atoms with Crippen molar-refractivity contribution < 1.29 is 19.1 Å². The molecule has 1 heterocycles. The van der Waals surface area contributed by atoms with E-state index >= 15 is 0 Å². The number of hydrogen-bond donors (Lipinski definition) is 1. The average molecular weight is 351 g/mol. The van der Waals surface area contributed by atoms with Crippen LogP contribution in [0.4, 0.5) is 4.79 Å². The fourth-order valence-corrected chi connectivity index (χ4v) is 2.02. The Morgan fingerprint density at radius 1 is 1.32 bits per heavy atom. The van der Waals surface area contributed by atoms with Crippen LogP contribution in [0.2, 0.25) is 0 Å². The summed E-state index contributed by atoms with van der Waals surface area (Å²) in [5.74, 6) is 0.457. The number of carbonyl (C=O) groups is 2. The van der Waals surface area contributed by atoms with E-state index in [9.17, 15) is 9.59 Å². The maximum atomic E-state index is 12.0. The summed E-state index contributed by atoms with van der Waals surface area (Å²) in [5.41, 5.74) is 0.314. The molecule has 0 aromatic carbocycles. The van der Waals surface area contributed by atoms with Gasteiger partial charge in [-0.05, 0) is 40.2 Å². The predicted octanol–water partition coefficient (Wildman–Crippen LogP) is 2.74. The zero-order valence-electron chi connectivity index (χ0n) is 15.8. The number of pyridine rings is 1. The highest BCUT2D eigenvalue weighted by Gasteiger charge is 2.19. The van der Waals surface area contributed by atoms with E-state index in [0.29, 0.717) is 38.4 Å². The zero-order valence-corrected chi connectivity index (χ0v) is 15.8. The quantitative estimate of drug-likeness (QED) is 0.779. The number of nitrogens with zero attached hydrogens (tertiary/aromatic N) is 2. The molecule has 140 valence electrons. The molecule has 0 unspecified atom stereocenters. The van der Waals surface area contributed by atoms with Crippen LogP contribution < -0.4 is 10.1 Å². The van der Waals surface area contributed by atoms with Crippen LogP contribution in [0, 0.1) is 0 Å². The van der Waals surface area contributed by atoms with E-state index in [4.69, 9.17) is 9.47 Å². The van der Waals surface area contributed by atoms with Crippen molar-refractivity contribution >= 4 is 12.0 Å². The van der Waals surface area contributed by atoms with Gasteiger partial charge >= 0.3 is 6.09 Å². The molecule has 0 fully saturated rings. The van der Waals surface area contributed by atoms with Gasteiger partial charge in [0.05, 0.1) is 6.61 Å². The minimum Gasteiger partial charge on any atom is -0.478 e. The second kappa shape index (κ2) is 9.86. The lowest BCUT2D eigenvalue weighted by molar-refractivity contribution is -0.121. The van der Waals surface area contributed by atoms with Crippen molar-refractivity contribution in [2.24, 2.45) is 0 Å². The second-order valence-corrected chi connectivity index (χ2v) is 6.68. The van der Waals surface area contributed by atoms with E-state index in [1.165, 1.54) is 4.90 Å². The number of amides is 2. The molecule has 2 amide bonds. The van der Waals surface area contributed by atoms with Crippen LogP contribution in [-0.4, -0.2) is 47.7 Å². The van der Waals surface area contributed by atoms with Gasteiger partial charge in [0.1, 0.15) is 5.60 Å². The van der Waals surface area contributed by atoms with Crippen LogP contribution in [0.1, 0.15) is 46.1 Å². The number of ether oxygens (including phenoxy) is 2. The third-order valence-electron chi connectivity index (χ3n) is 3.21. The SMILES string of the molecule is CCOc1ncccc1CNC(=O)CCCN(C)C(=O)OC(C)(C)C.